The van der Waals surface area contributed by atoms with Crippen molar-refractivity contribution in [2.75, 3.05) is 7.11 Å². The van der Waals surface area contributed by atoms with E-state index in [1.54, 1.807) is 36.4 Å². The number of ether oxygens (including phenoxy) is 1. The van der Waals surface area contributed by atoms with Gasteiger partial charge in [-0.05, 0) is 36.4 Å². The van der Waals surface area contributed by atoms with Gasteiger partial charge >= 0.3 is 6.18 Å². The van der Waals surface area contributed by atoms with Crippen molar-refractivity contribution in [2.24, 2.45) is 0 Å². The third-order valence-electron chi connectivity index (χ3n) is 3.20. The molecular weight excluding hydrogens is 361 g/mol. The number of hydrogen-bond acceptors (Lipinski definition) is 2. The number of fused-ring (bicyclic) bond motifs is 1. The van der Waals surface area contributed by atoms with Gasteiger partial charge in [0.15, 0.2) is 0 Å². The van der Waals surface area contributed by atoms with Crippen molar-refractivity contribution in [2.45, 2.75) is 6.18 Å². The molecule has 2 aromatic carbocycles. The van der Waals surface area contributed by atoms with E-state index in [-0.39, 0.29) is 5.52 Å². The molecule has 0 radical (unpaired) electrons. The first-order valence-corrected chi connectivity index (χ1v) is 7.09. The van der Waals surface area contributed by atoms with Gasteiger partial charge in [-0.25, -0.2) is 4.98 Å². The smallest absolute Gasteiger partial charge is 0.450 e. The Morgan fingerprint density at radius 2 is 1.77 bits per heavy atom. The lowest BCUT2D eigenvalue weighted by Crippen LogP contribution is -2.13. The van der Waals surface area contributed by atoms with Crippen molar-refractivity contribution in [1.82, 2.24) is 9.55 Å². The molecule has 0 spiro atoms. The Bertz CT molecular complexity index is 825. The number of nitrogens with zero attached hydrogens (tertiary/aromatic N) is 2. The zero-order chi connectivity index (χ0) is 15.9. The van der Waals surface area contributed by atoms with Crippen molar-refractivity contribution in [3.05, 3.63) is 52.8 Å². The minimum atomic E-state index is -4.56. The van der Waals surface area contributed by atoms with Gasteiger partial charge in [-0.3, -0.25) is 4.57 Å². The van der Waals surface area contributed by atoms with Gasteiger partial charge in [-0.2, -0.15) is 13.2 Å². The molecule has 1 heterocycles. The summed E-state index contributed by atoms with van der Waals surface area (Å²) < 4.78 is 46.9. The van der Waals surface area contributed by atoms with Crippen LogP contribution < -0.4 is 4.74 Å². The molecule has 7 heteroatoms. The van der Waals surface area contributed by atoms with E-state index >= 15 is 0 Å². The van der Waals surface area contributed by atoms with Crippen molar-refractivity contribution in [1.29, 1.82) is 0 Å². The number of alkyl halides is 3. The number of benzene rings is 2. The molecule has 0 aliphatic rings. The summed E-state index contributed by atoms with van der Waals surface area (Å²) in [4.78, 5) is 3.73. The quantitative estimate of drug-likeness (QED) is 0.646. The molecule has 0 unspecified atom stereocenters. The van der Waals surface area contributed by atoms with Crippen molar-refractivity contribution < 1.29 is 17.9 Å². The van der Waals surface area contributed by atoms with Gasteiger partial charge in [0.2, 0.25) is 5.82 Å². The lowest BCUT2D eigenvalue weighted by molar-refractivity contribution is -0.145. The number of hydrogen-bond donors (Lipinski definition) is 0. The molecule has 0 saturated carbocycles. The molecule has 0 saturated heterocycles. The zero-order valence-corrected chi connectivity index (χ0v) is 12.9. The molecule has 0 fully saturated rings. The molecular formula is C15H10BrF3N2O. The topological polar surface area (TPSA) is 27.1 Å². The first kappa shape index (κ1) is 14.9. The van der Waals surface area contributed by atoms with Crippen LogP contribution in [0.1, 0.15) is 5.82 Å². The molecule has 0 N–H and O–H groups in total. The normalized spacial score (nSPS) is 11.9. The Balaban J connectivity index is 2.34. The second kappa shape index (κ2) is 5.31. The van der Waals surface area contributed by atoms with Gasteiger partial charge in [0, 0.05) is 16.2 Å². The van der Waals surface area contributed by atoms with E-state index in [1.807, 2.05) is 0 Å². The molecule has 0 bridgehead atoms. The molecule has 3 rings (SSSR count). The predicted molar refractivity (Wildman–Crippen MR) is 80.3 cm³/mol. The SMILES string of the molecule is COc1ccc2nc(C(F)(F)F)n(-c3ccc(Br)cc3)c2c1. The van der Waals surface area contributed by atoms with Crippen LogP contribution in [-0.4, -0.2) is 16.7 Å². The first-order chi connectivity index (χ1) is 10.4. The number of imidazole rings is 1. The Morgan fingerprint density at radius 3 is 2.36 bits per heavy atom. The summed E-state index contributed by atoms with van der Waals surface area (Å²) in [5.41, 5.74) is 0.983. The molecule has 1 aromatic heterocycles. The number of aromatic nitrogens is 2. The highest BCUT2D eigenvalue weighted by atomic mass is 79.9. The standard InChI is InChI=1S/C15H10BrF3N2O/c1-22-11-6-7-12-13(8-11)21(14(20-12)15(17,18)19)10-4-2-9(16)3-5-10/h2-8H,1H3. The summed E-state index contributed by atoms with van der Waals surface area (Å²) in [6.45, 7) is 0. The van der Waals surface area contributed by atoms with E-state index in [1.165, 1.54) is 13.2 Å². The van der Waals surface area contributed by atoms with Crippen LogP contribution in [0.15, 0.2) is 46.9 Å². The Kier molecular flexibility index (Phi) is 3.60. The van der Waals surface area contributed by atoms with E-state index in [2.05, 4.69) is 20.9 Å². The van der Waals surface area contributed by atoms with Crippen LogP contribution in [-0.2, 0) is 6.18 Å². The van der Waals surface area contributed by atoms with Crippen LogP contribution in [0.3, 0.4) is 0 Å². The highest BCUT2D eigenvalue weighted by molar-refractivity contribution is 9.10. The van der Waals surface area contributed by atoms with Gasteiger partial charge in [0.1, 0.15) is 5.75 Å². The predicted octanol–water partition coefficient (Wildman–Crippen LogP) is 4.82. The number of methoxy groups -OCH3 is 1. The molecule has 3 aromatic rings. The van der Waals surface area contributed by atoms with Gasteiger partial charge in [-0.1, -0.05) is 15.9 Å². The lowest BCUT2D eigenvalue weighted by Gasteiger charge is -2.11. The van der Waals surface area contributed by atoms with Gasteiger partial charge < -0.3 is 4.74 Å². The third kappa shape index (κ3) is 2.56. The molecule has 22 heavy (non-hydrogen) atoms. The fourth-order valence-electron chi connectivity index (χ4n) is 2.22. The maximum Gasteiger partial charge on any atom is 0.450 e. The lowest BCUT2D eigenvalue weighted by atomic mass is 10.2. The first-order valence-electron chi connectivity index (χ1n) is 6.30. The minimum absolute atomic E-state index is 0.260. The summed E-state index contributed by atoms with van der Waals surface area (Å²) in [5, 5.41) is 0. The third-order valence-corrected chi connectivity index (χ3v) is 3.73. The van der Waals surface area contributed by atoms with Crippen LogP contribution >= 0.6 is 15.9 Å². The van der Waals surface area contributed by atoms with Crippen LogP contribution in [0.4, 0.5) is 13.2 Å². The van der Waals surface area contributed by atoms with Crippen LogP contribution in [0, 0.1) is 0 Å². The number of rotatable bonds is 2. The van der Waals surface area contributed by atoms with E-state index in [0.717, 1.165) is 9.04 Å². The summed E-state index contributed by atoms with van der Waals surface area (Å²) >= 11 is 3.27. The summed E-state index contributed by atoms with van der Waals surface area (Å²) in [6.07, 6.45) is -4.56. The molecule has 114 valence electrons. The largest absolute Gasteiger partial charge is 0.497 e. The van der Waals surface area contributed by atoms with Crippen molar-refractivity contribution in [3.8, 4) is 11.4 Å². The summed E-state index contributed by atoms with van der Waals surface area (Å²) in [7, 11) is 1.46. The van der Waals surface area contributed by atoms with E-state index in [0.29, 0.717) is 17.0 Å². The Labute approximate surface area is 132 Å². The van der Waals surface area contributed by atoms with Crippen molar-refractivity contribution in [3.63, 3.8) is 0 Å². The summed E-state index contributed by atoms with van der Waals surface area (Å²) in [6, 6.07) is 11.2. The maximum atomic E-state index is 13.3. The molecule has 0 amide bonds. The molecule has 0 aliphatic heterocycles. The fourth-order valence-corrected chi connectivity index (χ4v) is 2.49. The van der Waals surface area contributed by atoms with Gasteiger partial charge in [-0.15, -0.1) is 0 Å². The Hall–Kier alpha value is -2.02. The maximum absolute atomic E-state index is 13.3. The summed E-state index contributed by atoms with van der Waals surface area (Å²) in [5.74, 6) is -0.488. The molecule has 0 aliphatic carbocycles. The average molecular weight is 371 g/mol. The van der Waals surface area contributed by atoms with Gasteiger partial charge in [0.05, 0.1) is 18.1 Å². The van der Waals surface area contributed by atoms with Gasteiger partial charge in [0.25, 0.3) is 0 Å². The average Bonchev–Trinajstić information content (AvgIpc) is 2.86. The van der Waals surface area contributed by atoms with E-state index in [9.17, 15) is 13.2 Å². The van der Waals surface area contributed by atoms with Crippen LogP contribution in [0.5, 0.6) is 5.75 Å². The minimum Gasteiger partial charge on any atom is -0.497 e. The zero-order valence-electron chi connectivity index (χ0n) is 11.4. The second-order valence-corrected chi connectivity index (χ2v) is 5.52. The van der Waals surface area contributed by atoms with Crippen molar-refractivity contribution >= 4 is 27.0 Å². The Morgan fingerprint density at radius 1 is 1.09 bits per heavy atom. The highest BCUT2D eigenvalue weighted by Gasteiger charge is 2.38. The van der Waals surface area contributed by atoms with E-state index < -0.39 is 12.0 Å². The molecule has 3 nitrogen and oxygen atoms in total. The van der Waals surface area contributed by atoms with E-state index in [4.69, 9.17) is 4.74 Å². The van der Waals surface area contributed by atoms with Crippen LogP contribution in [0.2, 0.25) is 0 Å². The monoisotopic (exact) mass is 370 g/mol. The second-order valence-electron chi connectivity index (χ2n) is 4.60. The molecule has 0 atom stereocenters. The highest BCUT2D eigenvalue weighted by Crippen LogP contribution is 2.35. The fraction of sp³-hybridized carbons (Fsp3) is 0.133. The van der Waals surface area contributed by atoms with Crippen LogP contribution in [0.25, 0.3) is 16.7 Å². The number of halogens is 4.